The molecule has 1 aromatic carbocycles. The number of aromatic nitrogens is 2. The minimum Gasteiger partial charge on any atom is -0.478 e. The minimum absolute atomic E-state index is 0.0561. The van der Waals surface area contributed by atoms with Crippen molar-refractivity contribution in [2.45, 2.75) is 13.1 Å². The highest BCUT2D eigenvalue weighted by Gasteiger charge is 2.37. The van der Waals surface area contributed by atoms with Crippen LogP contribution in [0.25, 0.3) is 0 Å². The Hall–Kier alpha value is -2.84. The SMILES string of the molecule is Cc1cc(C(=O)O)cc(C(=O)Nc2cn(C)nc2C(F)(F)F)c1. The van der Waals surface area contributed by atoms with Crippen molar-refractivity contribution in [1.29, 1.82) is 0 Å². The fourth-order valence-corrected chi connectivity index (χ4v) is 2.02. The Bertz CT molecular complexity index is 781. The molecule has 1 heterocycles. The number of halogens is 3. The van der Waals surface area contributed by atoms with Gasteiger partial charge < -0.3 is 10.4 Å². The second-order valence-corrected chi connectivity index (χ2v) is 4.91. The summed E-state index contributed by atoms with van der Waals surface area (Å²) in [6.07, 6.45) is -3.70. The maximum atomic E-state index is 12.8. The van der Waals surface area contributed by atoms with Crippen molar-refractivity contribution in [3.8, 4) is 0 Å². The molecule has 9 heteroatoms. The van der Waals surface area contributed by atoms with E-state index in [9.17, 15) is 22.8 Å². The lowest BCUT2D eigenvalue weighted by Gasteiger charge is -2.09. The summed E-state index contributed by atoms with van der Waals surface area (Å²) in [5, 5.41) is 14.4. The lowest BCUT2D eigenvalue weighted by molar-refractivity contribution is -0.140. The summed E-state index contributed by atoms with van der Waals surface area (Å²) in [4.78, 5) is 23.1. The van der Waals surface area contributed by atoms with Gasteiger partial charge in [-0.25, -0.2) is 4.79 Å². The summed E-state index contributed by atoms with van der Waals surface area (Å²) in [6, 6.07) is 3.82. The van der Waals surface area contributed by atoms with Crippen LogP contribution in [0.4, 0.5) is 18.9 Å². The van der Waals surface area contributed by atoms with Gasteiger partial charge in [-0.2, -0.15) is 18.3 Å². The quantitative estimate of drug-likeness (QED) is 0.908. The zero-order chi connectivity index (χ0) is 17.4. The maximum absolute atomic E-state index is 12.8. The van der Waals surface area contributed by atoms with Gasteiger partial charge in [-0.1, -0.05) is 0 Å². The normalized spacial score (nSPS) is 11.3. The topological polar surface area (TPSA) is 84.2 Å². The number of aromatic carboxylic acids is 1. The average Bonchev–Trinajstić information content (AvgIpc) is 2.78. The Morgan fingerprint density at radius 2 is 1.83 bits per heavy atom. The van der Waals surface area contributed by atoms with E-state index in [-0.39, 0.29) is 11.1 Å². The van der Waals surface area contributed by atoms with E-state index in [1.165, 1.54) is 19.2 Å². The number of rotatable bonds is 3. The molecule has 1 aromatic heterocycles. The van der Waals surface area contributed by atoms with E-state index in [1.807, 2.05) is 0 Å². The highest BCUT2D eigenvalue weighted by Crippen LogP contribution is 2.33. The van der Waals surface area contributed by atoms with Crippen LogP contribution in [-0.2, 0) is 13.2 Å². The molecule has 0 aliphatic heterocycles. The van der Waals surface area contributed by atoms with Crippen LogP contribution >= 0.6 is 0 Å². The Balaban J connectivity index is 2.35. The lowest BCUT2D eigenvalue weighted by Crippen LogP contribution is -2.16. The van der Waals surface area contributed by atoms with Crippen molar-refractivity contribution in [2.75, 3.05) is 5.32 Å². The predicted molar refractivity (Wildman–Crippen MR) is 74.3 cm³/mol. The van der Waals surface area contributed by atoms with E-state index in [2.05, 4.69) is 10.4 Å². The van der Waals surface area contributed by atoms with Crippen molar-refractivity contribution < 1.29 is 27.9 Å². The fourth-order valence-electron chi connectivity index (χ4n) is 2.02. The van der Waals surface area contributed by atoms with Gasteiger partial charge in [0.15, 0.2) is 5.69 Å². The molecule has 0 bridgehead atoms. The molecule has 0 saturated carbocycles. The number of hydrogen-bond acceptors (Lipinski definition) is 3. The van der Waals surface area contributed by atoms with Crippen LogP contribution in [0.3, 0.4) is 0 Å². The van der Waals surface area contributed by atoms with Crippen molar-refractivity contribution >= 4 is 17.6 Å². The third kappa shape index (κ3) is 3.68. The zero-order valence-corrected chi connectivity index (χ0v) is 12.1. The molecule has 0 aliphatic carbocycles. The smallest absolute Gasteiger partial charge is 0.437 e. The highest BCUT2D eigenvalue weighted by molar-refractivity contribution is 6.06. The predicted octanol–water partition coefficient (Wildman–Crippen LogP) is 2.70. The van der Waals surface area contributed by atoms with E-state index in [1.54, 1.807) is 6.92 Å². The van der Waals surface area contributed by atoms with Gasteiger partial charge >= 0.3 is 12.1 Å². The lowest BCUT2D eigenvalue weighted by atomic mass is 10.1. The molecule has 0 aliphatic rings. The molecular weight excluding hydrogens is 315 g/mol. The van der Waals surface area contributed by atoms with Crippen LogP contribution in [0.15, 0.2) is 24.4 Å². The third-order valence-electron chi connectivity index (χ3n) is 2.93. The van der Waals surface area contributed by atoms with E-state index < -0.39 is 29.4 Å². The fraction of sp³-hybridized carbons (Fsp3) is 0.214. The number of carbonyl (C=O) groups excluding carboxylic acids is 1. The molecule has 1 amide bonds. The molecule has 122 valence electrons. The van der Waals surface area contributed by atoms with Gasteiger partial charge in [0.05, 0.1) is 11.3 Å². The first-order chi connectivity index (χ1) is 10.6. The van der Waals surface area contributed by atoms with Crippen LogP contribution in [0.1, 0.15) is 32.0 Å². The van der Waals surface area contributed by atoms with Crippen LogP contribution in [0.5, 0.6) is 0 Å². The number of benzene rings is 1. The summed E-state index contributed by atoms with van der Waals surface area (Å²) in [6.45, 7) is 1.58. The first kappa shape index (κ1) is 16.5. The Morgan fingerprint density at radius 3 is 2.39 bits per heavy atom. The van der Waals surface area contributed by atoms with Gasteiger partial charge in [-0.3, -0.25) is 9.48 Å². The Morgan fingerprint density at radius 1 is 1.22 bits per heavy atom. The summed E-state index contributed by atoms with van der Waals surface area (Å²) in [7, 11) is 1.29. The molecule has 0 unspecified atom stereocenters. The number of nitrogens with one attached hydrogen (secondary N) is 1. The van der Waals surface area contributed by atoms with Gasteiger partial charge in [-0.05, 0) is 30.7 Å². The van der Waals surface area contributed by atoms with Gasteiger partial charge in [0.2, 0.25) is 0 Å². The number of carboxylic acid groups (broad SMARTS) is 1. The van der Waals surface area contributed by atoms with Gasteiger partial charge in [0, 0.05) is 18.8 Å². The van der Waals surface area contributed by atoms with Gasteiger partial charge in [0.25, 0.3) is 5.91 Å². The monoisotopic (exact) mass is 327 g/mol. The molecule has 6 nitrogen and oxygen atoms in total. The summed E-state index contributed by atoms with van der Waals surface area (Å²) >= 11 is 0. The van der Waals surface area contributed by atoms with Crippen LogP contribution in [0, 0.1) is 6.92 Å². The van der Waals surface area contributed by atoms with Gasteiger partial charge in [0.1, 0.15) is 0 Å². The van der Waals surface area contributed by atoms with Gasteiger partial charge in [-0.15, -0.1) is 0 Å². The van der Waals surface area contributed by atoms with Crippen LogP contribution < -0.4 is 5.32 Å². The molecule has 0 fully saturated rings. The second-order valence-electron chi connectivity index (χ2n) is 4.91. The van der Waals surface area contributed by atoms with Crippen LogP contribution in [-0.4, -0.2) is 26.8 Å². The number of nitrogens with zero attached hydrogens (tertiary/aromatic N) is 2. The van der Waals surface area contributed by atoms with E-state index in [4.69, 9.17) is 5.11 Å². The van der Waals surface area contributed by atoms with E-state index >= 15 is 0 Å². The third-order valence-corrected chi connectivity index (χ3v) is 2.93. The molecule has 0 radical (unpaired) electrons. The number of carbonyl (C=O) groups is 2. The maximum Gasteiger partial charge on any atom is 0.437 e. The standard InChI is InChI=1S/C14H12F3N3O3/c1-7-3-8(5-9(4-7)13(22)23)12(21)18-10-6-20(2)19-11(10)14(15,16)17/h3-6H,1-2H3,(H,18,21)(H,22,23). The van der Waals surface area contributed by atoms with Crippen molar-refractivity contribution in [1.82, 2.24) is 9.78 Å². The van der Waals surface area contributed by atoms with E-state index in [0.29, 0.717) is 5.56 Å². The second kappa shape index (κ2) is 5.75. The average molecular weight is 327 g/mol. The highest BCUT2D eigenvalue weighted by atomic mass is 19.4. The summed E-state index contributed by atoms with van der Waals surface area (Å²) in [5.74, 6) is -2.09. The summed E-state index contributed by atoms with van der Waals surface area (Å²) in [5.41, 5.74) is -1.41. The van der Waals surface area contributed by atoms with Crippen molar-refractivity contribution in [3.05, 3.63) is 46.8 Å². The zero-order valence-electron chi connectivity index (χ0n) is 12.1. The van der Waals surface area contributed by atoms with Crippen LogP contribution in [0.2, 0.25) is 0 Å². The van der Waals surface area contributed by atoms with Crippen molar-refractivity contribution in [2.24, 2.45) is 7.05 Å². The number of carboxylic acids is 1. The number of hydrogen-bond donors (Lipinski definition) is 2. The Labute approximate surface area is 128 Å². The molecule has 0 saturated heterocycles. The number of aryl methyl sites for hydroxylation is 2. The first-order valence-electron chi connectivity index (χ1n) is 6.35. The molecule has 23 heavy (non-hydrogen) atoms. The molecule has 0 spiro atoms. The molecule has 0 atom stereocenters. The summed E-state index contributed by atoms with van der Waals surface area (Å²) < 4.78 is 39.5. The number of amides is 1. The number of alkyl halides is 3. The molecule has 2 aromatic rings. The molecular formula is C14H12F3N3O3. The largest absolute Gasteiger partial charge is 0.478 e. The Kier molecular flexibility index (Phi) is 4.13. The number of anilines is 1. The first-order valence-corrected chi connectivity index (χ1v) is 6.35. The minimum atomic E-state index is -4.72. The van der Waals surface area contributed by atoms with E-state index in [0.717, 1.165) is 16.9 Å². The molecule has 2 N–H and O–H groups in total. The van der Waals surface area contributed by atoms with Crippen molar-refractivity contribution in [3.63, 3.8) is 0 Å². The molecule has 2 rings (SSSR count).